The smallest absolute Gasteiger partial charge is 0.463 e. The number of carbonyl (C=O) groups excluding carboxylic acids is 2. The molecule has 1 amide bonds. The first kappa shape index (κ1) is 55.2. The Kier molecular flexibility index (Phi) is 42.4. The summed E-state index contributed by atoms with van der Waals surface area (Å²) in [6.07, 6.45) is 49.4. The van der Waals surface area contributed by atoms with Crippen LogP contribution in [0, 0.1) is 0 Å². The number of aliphatic hydroxyl groups excluding tert-OH is 1. The lowest BCUT2D eigenvalue weighted by molar-refractivity contribution is -0.147. The van der Waals surface area contributed by atoms with E-state index in [9.17, 15) is 24.2 Å². The van der Waals surface area contributed by atoms with Crippen molar-refractivity contribution >= 4 is 19.7 Å². The zero-order chi connectivity index (χ0) is 41.8. The number of unbranched alkanes of at least 4 members (excludes halogenated alkanes) is 25. The van der Waals surface area contributed by atoms with E-state index in [0.717, 1.165) is 70.6 Å². The quantitative estimate of drug-likeness (QED) is 0.0239. The maximum Gasteiger partial charge on any atom is 0.472 e. The third-order valence-corrected chi connectivity index (χ3v) is 11.0. The molecular formula is C47H88NO8P. The number of hydrogen-bond acceptors (Lipinski definition) is 7. The standard InChI is InChI=1S/C47H88NO8P/c1-3-5-7-9-11-13-15-17-18-19-20-21-22-23-24-25-26-28-30-32-34-36-38-40-47(51)54-43-45(49)44-56-57(52,53)55-42-41-48-46(50)39-37-35-33-31-29-27-16-14-12-10-8-6-4-2/h8,10,14,16-18,45,49H,3-7,9,11-13,15,19-44H2,1-2H3,(H,48,50)(H,52,53)/b10-8-,16-14-,18-17+. The molecule has 334 valence electrons. The van der Waals surface area contributed by atoms with Crippen LogP contribution in [0.4, 0.5) is 0 Å². The number of allylic oxidation sites excluding steroid dienone is 6. The van der Waals surface area contributed by atoms with Gasteiger partial charge in [-0.1, -0.05) is 179 Å². The van der Waals surface area contributed by atoms with Gasteiger partial charge in [-0.15, -0.1) is 0 Å². The molecule has 0 aliphatic rings. The monoisotopic (exact) mass is 826 g/mol. The number of carbonyl (C=O) groups is 2. The van der Waals surface area contributed by atoms with Crippen molar-refractivity contribution in [1.29, 1.82) is 0 Å². The maximum absolute atomic E-state index is 12.1. The molecule has 0 fully saturated rings. The fourth-order valence-electron chi connectivity index (χ4n) is 6.47. The normalized spacial score (nSPS) is 13.5. The largest absolute Gasteiger partial charge is 0.472 e. The molecule has 0 radical (unpaired) electrons. The number of ether oxygens (including phenoxy) is 1. The minimum atomic E-state index is -4.42. The Hall–Kier alpha value is -1.77. The van der Waals surface area contributed by atoms with E-state index >= 15 is 0 Å². The molecule has 3 N–H and O–H groups in total. The van der Waals surface area contributed by atoms with Crippen molar-refractivity contribution in [2.24, 2.45) is 0 Å². The Bertz CT molecular complexity index is 1030. The molecule has 9 nitrogen and oxygen atoms in total. The van der Waals surface area contributed by atoms with Gasteiger partial charge in [0.1, 0.15) is 12.7 Å². The minimum Gasteiger partial charge on any atom is -0.463 e. The Labute approximate surface area is 350 Å². The molecule has 0 aliphatic carbocycles. The summed E-state index contributed by atoms with van der Waals surface area (Å²) in [5.74, 6) is -0.527. The second-order valence-electron chi connectivity index (χ2n) is 15.7. The van der Waals surface area contributed by atoms with E-state index < -0.39 is 26.5 Å². The summed E-state index contributed by atoms with van der Waals surface area (Å²) in [5, 5.41) is 12.7. The summed E-state index contributed by atoms with van der Waals surface area (Å²) in [7, 11) is -4.42. The number of phosphoric ester groups is 1. The molecule has 0 aromatic heterocycles. The SMILES string of the molecule is CCC/C=C\C/C=C\CCCCCCCC(=O)NCCOP(=O)(O)OCC(O)COC(=O)CCCCCCCCCCCCCCC/C=C/CCCCCCCC. The Morgan fingerprint density at radius 1 is 0.544 bits per heavy atom. The van der Waals surface area contributed by atoms with Crippen LogP contribution in [0.1, 0.15) is 219 Å². The van der Waals surface area contributed by atoms with Gasteiger partial charge in [-0.05, 0) is 64.2 Å². The second-order valence-corrected chi connectivity index (χ2v) is 17.2. The highest BCUT2D eigenvalue weighted by Gasteiger charge is 2.23. The molecule has 2 unspecified atom stereocenters. The van der Waals surface area contributed by atoms with Crippen molar-refractivity contribution in [2.75, 3.05) is 26.4 Å². The average Bonchev–Trinajstić information content (AvgIpc) is 3.20. The summed E-state index contributed by atoms with van der Waals surface area (Å²) >= 11 is 0. The fraction of sp³-hybridized carbons (Fsp3) is 0.830. The van der Waals surface area contributed by atoms with E-state index in [1.807, 2.05) is 0 Å². The lowest BCUT2D eigenvalue weighted by atomic mass is 10.0. The van der Waals surface area contributed by atoms with Crippen molar-refractivity contribution in [2.45, 2.75) is 225 Å². The summed E-state index contributed by atoms with van der Waals surface area (Å²) in [5.41, 5.74) is 0. The van der Waals surface area contributed by atoms with Crippen LogP contribution >= 0.6 is 7.82 Å². The summed E-state index contributed by atoms with van der Waals surface area (Å²) in [6.45, 7) is 3.48. The predicted octanol–water partition coefficient (Wildman–Crippen LogP) is 13.3. The number of aliphatic hydroxyl groups is 1. The average molecular weight is 826 g/mol. The molecular weight excluding hydrogens is 737 g/mol. The van der Waals surface area contributed by atoms with Crippen LogP contribution in [0.3, 0.4) is 0 Å². The third kappa shape index (κ3) is 45.2. The van der Waals surface area contributed by atoms with Gasteiger partial charge in [-0.2, -0.15) is 0 Å². The molecule has 0 spiro atoms. The summed E-state index contributed by atoms with van der Waals surface area (Å²) in [4.78, 5) is 33.9. The Morgan fingerprint density at radius 3 is 1.49 bits per heavy atom. The number of phosphoric acid groups is 1. The van der Waals surface area contributed by atoms with Gasteiger partial charge >= 0.3 is 13.8 Å². The van der Waals surface area contributed by atoms with E-state index in [-0.39, 0.29) is 32.1 Å². The molecule has 57 heavy (non-hydrogen) atoms. The van der Waals surface area contributed by atoms with E-state index in [1.54, 1.807) is 0 Å². The lowest BCUT2D eigenvalue weighted by Gasteiger charge is -2.15. The highest BCUT2D eigenvalue weighted by atomic mass is 31.2. The Morgan fingerprint density at radius 2 is 0.982 bits per heavy atom. The van der Waals surface area contributed by atoms with Gasteiger partial charge in [-0.25, -0.2) is 4.57 Å². The van der Waals surface area contributed by atoms with Crippen molar-refractivity contribution in [3.8, 4) is 0 Å². The fourth-order valence-corrected chi connectivity index (χ4v) is 7.23. The molecule has 0 aromatic rings. The molecule has 0 rings (SSSR count). The third-order valence-electron chi connectivity index (χ3n) is 10.0. The van der Waals surface area contributed by atoms with E-state index in [2.05, 4.69) is 55.6 Å². The van der Waals surface area contributed by atoms with Gasteiger partial charge in [0.25, 0.3) is 0 Å². The van der Waals surface area contributed by atoms with Crippen LogP contribution in [-0.2, 0) is 27.9 Å². The zero-order valence-corrected chi connectivity index (χ0v) is 37.7. The summed E-state index contributed by atoms with van der Waals surface area (Å²) in [6, 6.07) is 0. The van der Waals surface area contributed by atoms with Gasteiger partial charge in [0.2, 0.25) is 5.91 Å². The van der Waals surface area contributed by atoms with Gasteiger partial charge < -0.3 is 20.1 Å². The van der Waals surface area contributed by atoms with E-state index in [0.29, 0.717) is 6.42 Å². The molecule has 0 saturated carbocycles. The molecule has 10 heteroatoms. The highest BCUT2D eigenvalue weighted by molar-refractivity contribution is 7.47. The molecule has 0 aliphatic heterocycles. The number of rotatable bonds is 44. The first-order valence-electron chi connectivity index (χ1n) is 23.5. The maximum atomic E-state index is 12.1. The molecule has 0 heterocycles. The van der Waals surface area contributed by atoms with E-state index in [1.165, 1.54) is 122 Å². The van der Waals surface area contributed by atoms with Gasteiger partial charge in [-0.3, -0.25) is 18.6 Å². The lowest BCUT2D eigenvalue weighted by Crippen LogP contribution is -2.27. The number of hydrogen-bond donors (Lipinski definition) is 3. The van der Waals surface area contributed by atoms with Gasteiger partial charge in [0.15, 0.2) is 0 Å². The summed E-state index contributed by atoms with van der Waals surface area (Å²) < 4.78 is 26.9. The van der Waals surface area contributed by atoms with Crippen molar-refractivity contribution in [3.05, 3.63) is 36.5 Å². The van der Waals surface area contributed by atoms with Crippen LogP contribution in [0.2, 0.25) is 0 Å². The minimum absolute atomic E-state index is 0.0744. The van der Waals surface area contributed by atoms with Crippen LogP contribution in [0.15, 0.2) is 36.5 Å². The first-order valence-corrected chi connectivity index (χ1v) is 25.0. The van der Waals surface area contributed by atoms with Crippen molar-refractivity contribution in [1.82, 2.24) is 5.32 Å². The molecule has 0 aromatic carbocycles. The predicted molar refractivity (Wildman–Crippen MR) is 238 cm³/mol. The zero-order valence-electron chi connectivity index (χ0n) is 36.8. The van der Waals surface area contributed by atoms with Crippen molar-refractivity contribution in [3.63, 3.8) is 0 Å². The first-order chi connectivity index (χ1) is 27.8. The van der Waals surface area contributed by atoms with Crippen molar-refractivity contribution < 1.29 is 37.9 Å². The molecule has 0 bridgehead atoms. The molecule has 2 atom stereocenters. The van der Waals surface area contributed by atoms with Crippen LogP contribution in [0.5, 0.6) is 0 Å². The van der Waals surface area contributed by atoms with Crippen LogP contribution in [-0.4, -0.2) is 54.3 Å². The number of amides is 1. The number of esters is 1. The molecule has 0 saturated heterocycles. The van der Waals surface area contributed by atoms with Gasteiger partial charge in [0.05, 0.1) is 13.2 Å². The highest BCUT2D eigenvalue weighted by Crippen LogP contribution is 2.42. The number of nitrogens with one attached hydrogen (secondary N) is 1. The van der Waals surface area contributed by atoms with Crippen LogP contribution < -0.4 is 5.32 Å². The van der Waals surface area contributed by atoms with E-state index in [4.69, 9.17) is 13.8 Å². The second kappa shape index (κ2) is 43.8. The topological polar surface area (TPSA) is 131 Å². The Balaban J connectivity index is 3.55. The van der Waals surface area contributed by atoms with Crippen LogP contribution in [0.25, 0.3) is 0 Å². The van der Waals surface area contributed by atoms with Gasteiger partial charge in [0, 0.05) is 19.4 Å².